The average Bonchev–Trinajstić information content (AvgIpc) is 2.94. The zero-order chi connectivity index (χ0) is 10.5. The van der Waals surface area contributed by atoms with Gasteiger partial charge in [0, 0.05) is 12.1 Å². The fourth-order valence-electron chi connectivity index (χ4n) is 2.27. The van der Waals surface area contributed by atoms with Crippen LogP contribution in [0.4, 0.5) is 0 Å². The number of aromatic nitrogens is 3. The number of rotatable bonds is 0. The summed E-state index contributed by atoms with van der Waals surface area (Å²) in [6.07, 6.45) is 2.75. The van der Waals surface area contributed by atoms with Crippen molar-refractivity contribution >= 4 is 0 Å². The highest BCUT2D eigenvalue weighted by molar-refractivity contribution is 5.67. The van der Waals surface area contributed by atoms with Gasteiger partial charge in [-0.1, -0.05) is 0 Å². The SMILES string of the molecule is c1c2c(cc3c1OCO3)-c1nncn1CC2. The van der Waals surface area contributed by atoms with Crippen LogP contribution in [0.2, 0.25) is 0 Å². The molecule has 16 heavy (non-hydrogen) atoms. The summed E-state index contributed by atoms with van der Waals surface area (Å²) >= 11 is 0. The monoisotopic (exact) mass is 215 g/mol. The van der Waals surface area contributed by atoms with E-state index in [0.717, 1.165) is 35.9 Å². The van der Waals surface area contributed by atoms with Gasteiger partial charge in [-0.25, -0.2) is 0 Å². The first-order valence-electron chi connectivity index (χ1n) is 5.22. The molecule has 4 rings (SSSR count). The number of ether oxygens (including phenoxy) is 2. The summed E-state index contributed by atoms with van der Waals surface area (Å²) in [6.45, 7) is 1.24. The zero-order valence-electron chi connectivity index (χ0n) is 8.51. The van der Waals surface area contributed by atoms with Crippen LogP contribution in [0.5, 0.6) is 11.5 Å². The van der Waals surface area contributed by atoms with E-state index in [4.69, 9.17) is 9.47 Å². The zero-order valence-corrected chi connectivity index (χ0v) is 8.51. The minimum absolute atomic E-state index is 0.310. The van der Waals surface area contributed by atoms with Crippen LogP contribution >= 0.6 is 0 Å². The number of benzene rings is 1. The summed E-state index contributed by atoms with van der Waals surface area (Å²) in [7, 11) is 0. The molecule has 2 aromatic rings. The highest BCUT2D eigenvalue weighted by Crippen LogP contribution is 2.39. The van der Waals surface area contributed by atoms with Crippen molar-refractivity contribution in [2.24, 2.45) is 0 Å². The van der Waals surface area contributed by atoms with E-state index in [1.54, 1.807) is 6.33 Å². The van der Waals surface area contributed by atoms with Crippen molar-refractivity contribution < 1.29 is 9.47 Å². The van der Waals surface area contributed by atoms with Gasteiger partial charge in [0.05, 0.1) is 0 Å². The summed E-state index contributed by atoms with van der Waals surface area (Å²) in [6, 6.07) is 4.05. The highest BCUT2D eigenvalue weighted by atomic mass is 16.7. The maximum Gasteiger partial charge on any atom is 0.231 e. The molecule has 0 saturated heterocycles. The lowest BCUT2D eigenvalue weighted by Crippen LogP contribution is -2.10. The molecule has 0 saturated carbocycles. The Hall–Kier alpha value is -2.04. The van der Waals surface area contributed by atoms with Crippen molar-refractivity contribution in [3.05, 3.63) is 24.0 Å². The molecule has 1 aromatic heterocycles. The maximum absolute atomic E-state index is 5.38. The molecule has 2 aliphatic heterocycles. The lowest BCUT2D eigenvalue weighted by Gasteiger charge is -2.17. The van der Waals surface area contributed by atoms with Crippen LogP contribution in [0.15, 0.2) is 18.5 Å². The van der Waals surface area contributed by atoms with Gasteiger partial charge in [-0.05, 0) is 24.1 Å². The van der Waals surface area contributed by atoms with Gasteiger partial charge in [-0.2, -0.15) is 0 Å². The van der Waals surface area contributed by atoms with Crippen molar-refractivity contribution in [2.75, 3.05) is 6.79 Å². The molecule has 0 fully saturated rings. The molecule has 0 radical (unpaired) electrons. The maximum atomic E-state index is 5.38. The predicted octanol–water partition coefficient (Wildman–Crippen LogP) is 1.23. The second kappa shape index (κ2) is 2.75. The van der Waals surface area contributed by atoms with Crippen LogP contribution in [0.25, 0.3) is 11.4 Å². The molecule has 3 heterocycles. The van der Waals surface area contributed by atoms with Crippen molar-refractivity contribution in [3.8, 4) is 22.9 Å². The van der Waals surface area contributed by atoms with E-state index in [-0.39, 0.29) is 0 Å². The summed E-state index contributed by atoms with van der Waals surface area (Å²) < 4.78 is 12.8. The quantitative estimate of drug-likeness (QED) is 0.663. The minimum Gasteiger partial charge on any atom is -0.454 e. The Labute approximate surface area is 91.6 Å². The van der Waals surface area contributed by atoms with Crippen LogP contribution in [0.1, 0.15) is 5.56 Å². The first-order chi connectivity index (χ1) is 7.92. The van der Waals surface area contributed by atoms with E-state index in [1.165, 1.54) is 5.56 Å². The number of hydrogen-bond acceptors (Lipinski definition) is 4. The Balaban J connectivity index is 1.99. The van der Waals surface area contributed by atoms with Gasteiger partial charge >= 0.3 is 0 Å². The Morgan fingerprint density at radius 2 is 2.06 bits per heavy atom. The van der Waals surface area contributed by atoms with Crippen molar-refractivity contribution in [1.29, 1.82) is 0 Å². The van der Waals surface area contributed by atoms with E-state index >= 15 is 0 Å². The fraction of sp³-hybridized carbons (Fsp3) is 0.273. The molecular weight excluding hydrogens is 206 g/mol. The molecule has 80 valence electrons. The van der Waals surface area contributed by atoms with Gasteiger partial charge in [0.15, 0.2) is 17.3 Å². The molecule has 0 bridgehead atoms. The molecule has 0 aliphatic carbocycles. The van der Waals surface area contributed by atoms with Crippen LogP contribution in [-0.4, -0.2) is 21.6 Å². The predicted molar refractivity (Wildman–Crippen MR) is 55.3 cm³/mol. The largest absolute Gasteiger partial charge is 0.454 e. The van der Waals surface area contributed by atoms with Gasteiger partial charge in [0.25, 0.3) is 0 Å². The fourth-order valence-corrected chi connectivity index (χ4v) is 2.27. The van der Waals surface area contributed by atoms with Crippen LogP contribution in [-0.2, 0) is 13.0 Å². The second-order valence-corrected chi connectivity index (χ2v) is 3.96. The normalized spacial score (nSPS) is 15.8. The number of nitrogens with zero attached hydrogens (tertiary/aromatic N) is 3. The number of hydrogen-bond donors (Lipinski definition) is 0. The van der Waals surface area contributed by atoms with E-state index in [2.05, 4.69) is 20.8 Å². The molecule has 5 nitrogen and oxygen atoms in total. The Kier molecular flexibility index (Phi) is 1.40. The molecular formula is C11H9N3O2. The second-order valence-electron chi connectivity index (χ2n) is 3.96. The van der Waals surface area contributed by atoms with E-state index < -0.39 is 0 Å². The third-order valence-corrected chi connectivity index (χ3v) is 3.08. The molecule has 0 unspecified atom stereocenters. The first kappa shape index (κ1) is 8.15. The summed E-state index contributed by atoms with van der Waals surface area (Å²) in [5, 5.41) is 8.08. The topological polar surface area (TPSA) is 49.2 Å². The Morgan fingerprint density at radius 3 is 3.00 bits per heavy atom. The molecule has 1 aromatic carbocycles. The van der Waals surface area contributed by atoms with Crippen LogP contribution < -0.4 is 9.47 Å². The van der Waals surface area contributed by atoms with Gasteiger partial charge in [0.1, 0.15) is 6.33 Å². The van der Waals surface area contributed by atoms with Crippen molar-refractivity contribution in [1.82, 2.24) is 14.8 Å². The minimum atomic E-state index is 0.310. The van der Waals surface area contributed by atoms with E-state index in [9.17, 15) is 0 Å². The van der Waals surface area contributed by atoms with E-state index in [1.807, 2.05) is 6.07 Å². The van der Waals surface area contributed by atoms with E-state index in [0.29, 0.717) is 6.79 Å². The molecule has 0 spiro atoms. The van der Waals surface area contributed by atoms with Crippen LogP contribution in [0.3, 0.4) is 0 Å². The average molecular weight is 215 g/mol. The third-order valence-electron chi connectivity index (χ3n) is 3.08. The summed E-state index contributed by atoms with van der Waals surface area (Å²) in [5.41, 5.74) is 2.36. The van der Waals surface area contributed by atoms with Crippen molar-refractivity contribution in [3.63, 3.8) is 0 Å². The van der Waals surface area contributed by atoms with Gasteiger partial charge < -0.3 is 14.0 Å². The molecule has 5 heteroatoms. The number of fused-ring (bicyclic) bond motifs is 4. The van der Waals surface area contributed by atoms with Crippen molar-refractivity contribution in [2.45, 2.75) is 13.0 Å². The van der Waals surface area contributed by atoms with Crippen LogP contribution in [0, 0.1) is 0 Å². The molecule has 0 N–H and O–H groups in total. The molecule has 2 aliphatic rings. The standard InChI is InChI=1S/C11H9N3O2/c1-2-14-5-12-13-11(14)8-4-10-9(3-7(1)8)15-6-16-10/h3-5H,1-2,6H2. The lowest BCUT2D eigenvalue weighted by atomic mass is 10.00. The third kappa shape index (κ3) is 0.946. The summed E-state index contributed by atoms with van der Waals surface area (Å²) in [5.74, 6) is 2.56. The van der Waals surface area contributed by atoms with Gasteiger partial charge in [-0.15, -0.1) is 10.2 Å². The summed E-state index contributed by atoms with van der Waals surface area (Å²) in [4.78, 5) is 0. The first-order valence-corrected chi connectivity index (χ1v) is 5.22. The highest BCUT2D eigenvalue weighted by Gasteiger charge is 2.23. The van der Waals surface area contributed by atoms with Gasteiger partial charge in [-0.3, -0.25) is 0 Å². The smallest absolute Gasteiger partial charge is 0.231 e. The Morgan fingerprint density at radius 1 is 1.19 bits per heavy atom. The number of aryl methyl sites for hydroxylation is 2. The molecule has 0 amide bonds. The Bertz CT molecular complexity index is 577. The molecule has 0 atom stereocenters. The lowest BCUT2D eigenvalue weighted by molar-refractivity contribution is 0.174. The van der Waals surface area contributed by atoms with Gasteiger partial charge in [0.2, 0.25) is 6.79 Å².